The summed E-state index contributed by atoms with van der Waals surface area (Å²) in [6.07, 6.45) is 5.26. The van der Waals surface area contributed by atoms with E-state index < -0.39 is 0 Å². The lowest BCUT2D eigenvalue weighted by atomic mass is 10.3. The molecule has 0 bridgehead atoms. The Balaban J connectivity index is 1.95. The first kappa shape index (κ1) is 7.64. The van der Waals surface area contributed by atoms with Crippen LogP contribution in [0.1, 0.15) is 32.6 Å². The predicted octanol–water partition coefficient (Wildman–Crippen LogP) is 2.30. The molecule has 1 aliphatic rings. The van der Waals surface area contributed by atoms with Crippen LogP contribution in [0.25, 0.3) is 0 Å². The van der Waals surface area contributed by atoms with Gasteiger partial charge in [-0.2, -0.15) is 0 Å². The topological polar surface area (TPSA) is 12.0 Å². The van der Waals surface area contributed by atoms with E-state index in [-0.39, 0.29) is 0 Å². The molecule has 0 radical (unpaired) electrons. The van der Waals surface area contributed by atoms with Gasteiger partial charge >= 0.3 is 0 Å². The minimum Gasteiger partial charge on any atom is -0.389 e. The van der Waals surface area contributed by atoms with Gasteiger partial charge in [0.2, 0.25) is 0 Å². The zero-order chi connectivity index (χ0) is 7.40. The van der Waals surface area contributed by atoms with Crippen molar-refractivity contribution >= 4 is 0 Å². The maximum Gasteiger partial charge on any atom is 0.0143 e. The molecule has 0 heterocycles. The Hall–Kier alpha value is -0.460. The summed E-state index contributed by atoms with van der Waals surface area (Å²) < 4.78 is 0. The second-order valence-corrected chi connectivity index (χ2v) is 3.08. The molecule has 1 heteroatoms. The van der Waals surface area contributed by atoms with Crippen molar-refractivity contribution in [3.05, 3.63) is 12.3 Å². The van der Waals surface area contributed by atoms with E-state index in [0.717, 1.165) is 12.5 Å². The first-order valence-corrected chi connectivity index (χ1v) is 4.27. The van der Waals surface area contributed by atoms with E-state index in [1.807, 2.05) is 0 Å². The van der Waals surface area contributed by atoms with E-state index in [1.165, 1.54) is 31.4 Å². The highest BCUT2D eigenvalue weighted by Crippen LogP contribution is 2.33. The van der Waals surface area contributed by atoms with Crippen LogP contribution < -0.4 is 5.32 Å². The molecule has 0 atom stereocenters. The van der Waals surface area contributed by atoms with Crippen molar-refractivity contribution < 1.29 is 0 Å². The van der Waals surface area contributed by atoms with Gasteiger partial charge in [-0.15, -0.1) is 0 Å². The molecular weight excluding hydrogens is 122 g/mol. The van der Waals surface area contributed by atoms with Crippen LogP contribution in [-0.2, 0) is 0 Å². The third-order valence-corrected chi connectivity index (χ3v) is 1.95. The fraction of sp³-hybridized carbons (Fsp3) is 0.778. The van der Waals surface area contributed by atoms with E-state index in [4.69, 9.17) is 0 Å². The van der Waals surface area contributed by atoms with Crippen LogP contribution in [0.4, 0.5) is 0 Å². The fourth-order valence-electron chi connectivity index (χ4n) is 1.00. The number of nitrogens with one attached hydrogen (secondary N) is 1. The van der Waals surface area contributed by atoms with Crippen LogP contribution in [0, 0.1) is 5.92 Å². The van der Waals surface area contributed by atoms with E-state index >= 15 is 0 Å². The second kappa shape index (κ2) is 3.65. The summed E-state index contributed by atoms with van der Waals surface area (Å²) in [5.74, 6) is 0.817. The molecule has 0 unspecified atom stereocenters. The Kier molecular flexibility index (Phi) is 2.79. The first-order chi connectivity index (χ1) is 4.84. The van der Waals surface area contributed by atoms with Gasteiger partial charge in [0, 0.05) is 12.2 Å². The summed E-state index contributed by atoms with van der Waals surface area (Å²) in [4.78, 5) is 0. The second-order valence-electron chi connectivity index (χ2n) is 3.08. The summed E-state index contributed by atoms with van der Waals surface area (Å²) in [7, 11) is 0. The Labute approximate surface area is 63.5 Å². The van der Waals surface area contributed by atoms with Gasteiger partial charge < -0.3 is 5.32 Å². The monoisotopic (exact) mass is 139 g/mol. The number of hydrogen-bond acceptors (Lipinski definition) is 1. The molecule has 0 aromatic carbocycles. The zero-order valence-electron chi connectivity index (χ0n) is 6.82. The molecule has 1 rings (SSSR count). The van der Waals surface area contributed by atoms with Crippen molar-refractivity contribution in [2.24, 2.45) is 5.92 Å². The zero-order valence-corrected chi connectivity index (χ0v) is 6.82. The van der Waals surface area contributed by atoms with Gasteiger partial charge in [0.05, 0.1) is 0 Å². The van der Waals surface area contributed by atoms with Gasteiger partial charge in [0.15, 0.2) is 0 Å². The van der Waals surface area contributed by atoms with Gasteiger partial charge in [0.25, 0.3) is 0 Å². The minimum absolute atomic E-state index is 0.817. The van der Waals surface area contributed by atoms with E-state index in [2.05, 4.69) is 18.8 Å². The van der Waals surface area contributed by atoms with Gasteiger partial charge in [-0.25, -0.2) is 0 Å². The highest BCUT2D eigenvalue weighted by Gasteiger charge is 2.23. The Bertz CT molecular complexity index is 114. The van der Waals surface area contributed by atoms with Crippen LogP contribution >= 0.6 is 0 Å². The van der Waals surface area contributed by atoms with Crippen LogP contribution in [0.15, 0.2) is 12.3 Å². The van der Waals surface area contributed by atoms with Crippen molar-refractivity contribution in [1.82, 2.24) is 5.32 Å². The molecule has 0 aliphatic heterocycles. The third-order valence-electron chi connectivity index (χ3n) is 1.95. The summed E-state index contributed by atoms with van der Waals surface area (Å²) in [6, 6.07) is 0. The lowest BCUT2D eigenvalue weighted by Gasteiger charge is -2.06. The molecule has 0 aromatic rings. The van der Waals surface area contributed by atoms with E-state index in [0.29, 0.717) is 0 Å². The van der Waals surface area contributed by atoms with Crippen molar-refractivity contribution in [3.8, 4) is 0 Å². The van der Waals surface area contributed by atoms with Crippen LogP contribution in [0.5, 0.6) is 0 Å². The number of hydrogen-bond donors (Lipinski definition) is 1. The first-order valence-electron chi connectivity index (χ1n) is 4.27. The summed E-state index contributed by atoms with van der Waals surface area (Å²) in [5, 5.41) is 3.35. The highest BCUT2D eigenvalue weighted by atomic mass is 14.9. The molecule has 1 saturated carbocycles. The fourth-order valence-corrected chi connectivity index (χ4v) is 1.00. The molecular formula is C9H17N. The maximum absolute atomic E-state index is 3.98. The predicted molar refractivity (Wildman–Crippen MR) is 44.8 cm³/mol. The van der Waals surface area contributed by atoms with Crippen molar-refractivity contribution in [2.75, 3.05) is 6.54 Å². The quantitative estimate of drug-likeness (QED) is 0.576. The Morgan fingerprint density at radius 2 is 2.30 bits per heavy atom. The highest BCUT2D eigenvalue weighted by molar-refractivity contribution is 5.04. The van der Waals surface area contributed by atoms with E-state index in [1.54, 1.807) is 0 Å². The molecule has 1 fully saturated rings. The molecule has 1 nitrogen and oxygen atoms in total. The van der Waals surface area contributed by atoms with Crippen molar-refractivity contribution in [2.45, 2.75) is 32.6 Å². The maximum atomic E-state index is 3.98. The lowest BCUT2D eigenvalue weighted by molar-refractivity contribution is 0.682. The Morgan fingerprint density at radius 1 is 1.60 bits per heavy atom. The largest absolute Gasteiger partial charge is 0.389 e. The minimum atomic E-state index is 0.817. The normalized spacial score (nSPS) is 16.9. The number of allylic oxidation sites excluding steroid dienone is 1. The van der Waals surface area contributed by atoms with Crippen molar-refractivity contribution in [3.63, 3.8) is 0 Å². The van der Waals surface area contributed by atoms with Gasteiger partial charge in [-0.05, 0) is 25.2 Å². The molecule has 10 heavy (non-hydrogen) atoms. The van der Waals surface area contributed by atoms with Crippen LogP contribution in [0.2, 0.25) is 0 Å². The summed E-state index contributed by atoms with van der Waals surface area (Å²) >= 11 is 0. The van der Waals surface area contributed by atoms with Gasteiger partial charge in [0.1, 0.15) is 0 Å². The molecule has 0 amide bonds. The molecule has 0 spiro atoms. The lowest BCUT2D eigenvalue weighted by Crippen LogP contribution is -2.14. The van der Waals surface area contributed by atoms with Crippen molar-refractivity contribution in [1.29, 1.82) is 0 Å². The Morgan fingerprint density at radius 3 is 2.80 bits per heavy atom. The summed E-state index contributed by atoms with van der Waals surface area (Å²) in [6.45, 7) is 7.30. The van der Waals surface area contributed by atoms with Gasteiger partial charge in [-0.1, -0.05) is 19.9 Å². The molecule has 0 aromatic heterocycles. The number of unbranched alkanes of at least 4 members (excludes halogenated alkanes) is 1. The SMILES string of the molecule is C=C(NCCCC)C1CC1. The van der Waals surface area contributed by atoms with Crippen LogP contribution in [0.3, 0.4) is 0 Å². The average molecular weight is 139 g/mol. The molecule has 1 N–H and O–H groups in total. The third kappa shape index (κ3) is 2.42. The average Bonchev–Trinajstić information content (AvgIpc) is 2.69. The van der Waals surface area contributed by atoms with E-state index in [9.17, 15) is 0 Å². The standard InChI is InChI=1S/C9H17N/c1-3-4-7-10-8(2)9-5-6-9/h9-10H,2-7H2,1H3. The molecule has 58 valence electrons. The number of rotatable bonds is 5. The van der Waals surface area contributed by atoms with Gasteiger partial charge in [-0.3, -0.25) is 0 Å². The van der Waals surface area contributed by atoms with Crippen LogP contribution in [-0.4, -0.2) is 6.54 Å². The smallest absolute Gasteiger partial charge is 0.0143 e. The molecule has 0 saturated heterocycles. The molecule has 1 aliphatic carbocycles. The summed E-state index contributed by atoms with van der Waals surface area (Å²) in [5.41, 5.74) is 1.27.